The van der Waals surface area contributed by atoms with Crippen LogP contribution in [-0.2, 0) is 15.1 Å². The predicted molar refractivity (Wildman–Crippen MR) is 120 cm³/mol. The summed E-state index contributed by atoms with van der Waals surface area (Å²) in [5, 5.41) is 3.35. The minimum atomic E-state index is -1.19. The van der Waals surface area contributed by atoms with Crippen LogP contribution in [0.4, 0.5) is 4.79 Å². The highest BCUT2D eigenvalue weighted by molar-refractivity contribution is 6.30. The van der Waals surface area contributed by atoms with E-state index in [1.54, 1.807) is 31.2 Å². The molecule has 0 bridgehead atoms. The number of amides is 4. The number of halogens is 1. The summed E-state index contributed by atoms with van der Waals surface area (Å²) in [6.07, 6.45) is 11.1. The fourth-order valence-corrected chi connectivity index (χ4v) is 5.59. The number of hydrogen-bond donors (Lipinski definition) is 1. The lowest BCUT2D eigenvalue weighted by Crippen LogP contribution is -2.53. The number of rotatable bonds is 5. The van der Waals surface area contributed by atoms with Gasteiger partial charge in [0.2, 0.25) is 5.91 Å². The largest absolute Gasteiger partial charge is 0.335 e. The highest BCUT2D eigenvalue weighted by Gasteiger charge is 2.50. The average molecular weight is 446 g/mol. The van der Waals surface area contributed by atoms with Crippen LogP contribution in [-0.4, -0.2) is 46.3 Å². The Morgan fingerprint density at radius 2 is 1.52 bits per heavy atom. The van der Waals surface area contributed by atoms with E-state index in [1.165, 1.54) is 12.8 Å². The molecule has 3 aliphatic rings. The number of imide groups is 1. The first-order valence-electron chi connectivity index (χ1n) is 11.6. The lowest BCUT2D eigenvalue weighted by molar-refractivity contribution is -0.143. The Hall–Kier alpha value is -2.08. The zero-order valence-corrected chi connectivity index (χ0v) is 19.0. The summed E-state index contributed by atoms with van der Waals surface area (Å²) in [6, 6.07) is 6.82. The standard InChI is InChI=1S/C24H32ClN3O3/c1-24(17-12-14-18(25)15-13-17)22(30)27(23(31)26-24)16-21(29)28(19-8-4-2-5-9-19)20-10-6-3-7-11-20/h12-15,19-20H,2-11,16H2,1H3,(H,26,31)/t24-/m0/s1. The van der Waals surface area contributed by atoms with E-state index in [2.05, 4.69) is 10.2 Å². The number of carbonyl (C=O) groups excluding carboxylic acids is 3. The fraction of sp³-hybridized carbons (Fsp3) is 0.625. The summed E-state index contributed by atoms with van der Waals surface area (Å²) in [4.78, 5) is 42.7. The van der Waals surface area contributed by atoms with Gasteiger partial charge in [-0.2, -0.15) is 0 Å². The lowest BCUT2D eigenvalue weighted by atomic mass is 9.88. The van der Waals surface area contributed by atoms with E-state index >= 15 is 0 Å². The quantitative estimate of drug-likeness (QED) is 0.673. The molecule has 6 nitrogen and oxygen atoms in total. The van der Waals surface area contributed by atoms with Crippen molar-refractivity contribution in [3.63, 3.8) is 0 Å². The van der Waals surface area contributed by atoms with E-state index in [-0.39, 0.29) is 30.4 Å². The van der Waals surface area contributed by atoms with E-state index in [0.717, 1.165) is 56.3 Å². The summed E-state index contributed by atoms with van der Waals surface area (Å²) < 4.78 is 0. The second-order valence-corrected chi connectivity index (χ2v) is 9.77. The highest BCUT2D eigenvalue weighted by atomic mass is 35.5. The van der Waals surface area contributed by atoms with Gasteiger partial charge in [-0.1, -0.05) is 62.3 Å². The topological polar surface area (TPSA) is 69.7 Å². The molecule has 1 saturated heterocycles. The van der Waals surface area contributed by atoms with Crippen LogP contribution in [0.1, 0.15) is 76.7 Å². The van der Waals surface area contributed by atoms with Gasteiger partial charge in [0.15, 0.2) is 0 Å². The normalized spacial score (nSPS) is 25.5. The summed E-state index contributed by atoms with van der Waals surface area (Å²) >= 11 is 5.98. The molecule has 1 aliphatic heterocycles. The zero-order valence-electron chi connectivity index (χ0n) is 18.2. The smallest absolute Gasteiger partial charge is 0.325 e. The molecular weight excluding hydrogens is 414 g/mol. The number of nitrogens with zero attached hydrogens (tertiary/aromatic N) is 2. The Kier molecular flexibility index (Phi) is 6.56. The lowest BCUT2D eigenvalue weighted by Gasteiger charge is -2.42. The monoisotopic (exact) mass is 445 g/mol. The van der Waals surface area contributed by atoms with Crippen molar-refractivity contribution in [2.45, 2.75) is 88.8 Å². The van der Waals surface area contributed by atoms with Crippen LogP contribution in [0.3, 0.4) is 0 Å². The van der Waals surface area contributed by atoms with Crippen molar-refractivity contribution in [1.82, 2.24) is 15.1 Å². The Morgan fingerprint density at radius 3 is 2.03 bits per heavy atom. The highest BCUT2D eigenvalue weighted by Crippen LogP contribution is 2.32. The molecule has 2 aliphatic carbocycles. The first-order valence-corrected chi connectivity index (χ1v) is 12.0. The summed E-state index contributed by atoms with van der Waals surface area (Å²) in [6.45, 7) is 1.49. The fourth-order valence-electron chi connectivity index (χ4n) is 5.46. The molecular formula is C24H32ClN3O3. The van der Waals surface area contributed by atoms with Crippen LogP contribution in [0, 0.1) is 0 Å². The Bertz CT molecular complexity index is 813. The third-order valence-corrected chi connectivity index (χ3v) is 7.47. The minimum Gasteiger partial charge on any atom is -0.335 e. The number of urea groups is 1. The summed E-state index contributed by atoms with van der Waals surface area (Å²) in [5.74, 6) is -0.483. The molecule has 0 spiro atoms. The van der Waals surface area contributed by atoms with Crippen LogP contribution in [0.15, 0.2) is 24.3 Å². The number of carbonyl (C=O) groups is 3. The van der Waals surface area contributed by atoms with Gasteiger partial charge in [0.1, 0.15) is 12.1 Å². The van der Waals surface area contributed by atoms with E-state index in [9.17, 15) is 14.4 Å². The molecule has 4 rings (SSSR count). The van der Waals surface area contributed by atoms with E-state index < -0.39 is 11.6 Å². The van der Waals surface area contributed by atoms with Crippen molar-refractivity contribution in [2.24, 2.45) is 0 Å². The van der Waals surface area contributed by atoms with E-state index in [0.29, 0.717) is 10.6 Å². The van der Waals surface area contributed by atoms with Crippen molar-refractivity contribution in [1.29, 1.82) is 0 Å². The number of nitrogens with one attached hydrogen (secondary N) is 1. The predicted octanol–water partition coefficient (Wildman–Crippen LogP) is 4.60. The van der Waals surface area contributed by atoms with Crippen molar-refractivity contribution in [3.05, 3.63) is 34.9 Å². The van der Waals surface area contributed by atoms with Gasteiger partial charge >= 0.3 is 6.03 Å². The summed E-state index contributed by atoms with van der Waals surface area (Å²) in [5.41, 5.74) is -0.538. The SMILES string of the molecule is C[C@@]1(c2ccc(Cl)cc2)NC(=O)N(CC(=O)N(C2CCCCC2)C2CCCCC2)C1=O. The molecule has 4 amide bonds. The first kappa shape index (κ1) is 22.1. The summed E-state index contributed by atoms with van der Waals surface area (Å²) in [7, 11) is 0. The molecule has 0 unspecified atom stereocenters. The van der Waals surface area contributed by atoms with Gasteiger partial charge in [0.25, 0.3) is 5.91 Å². The van der Waals surface area contributed by atoms with Crippen molar-refractivity contribution in [2.75, 3.05) is 6.54 Å². The molecule has 0 radical (unpaired) electrons. The van der Waals surface area contributed by atoms with Crippen molar-refractivity contribution in [3.8, 4) is 0 Å². The maximum Gasteiger partial charge on any atom is 0.325 e. The van der Waals surface area contributed by atoms with Crippen molar-refractivity contribution < 1.29 is 14.4 Å². The molecule has 1 atom stereocenters. The van der Waals surface area contributed by atoms with Crippen LogP contribution >= 0.6 is 11.6 Å². The Balaban J connectivity index is 1.53. The Labute approximate surface area is 189 Å². The second-order valence-electron chi connectivity index (χ2n) is 9.34. The van der Waals surface area contributed by atoms with Gasteiger partial charge in [-0.15, -0.1) is 0 Å². The molecule has 1 aromatic rings. The van der Waals surface area contributed by atoms with Gasteiger partial charge < -0.3 is 10.2 Å². The van der Waals surface area contributed by atoms with Gasteiger partial charge in [-0.05, 0) is 50.3 Å². The molecule has 7 heteroatoms. The first-order chi connectivity index (χ1) is 14.9. The molecule has 3 fully saturated rings. The third-order valence-electron chi connectivity index (χ3n) is 7.21. The maximum atomic E-state index is 13.5. The number of hydrogen-bond acceptors (Lipinski definition) is 3. The van der Waals surface area contributed by atoms with Crippen molar-refractivity contribution >= 4 is 29.4 Å². The van der Waals surface area contributed by atoms with E-state index in [1.807, 2.05) is 0 Å². The van der Waals surface area contributed by atoms with Gasteiger partial charge in [-0.3, -0.25) is 14.5 Å². The average Bonchev–Trinajstić information content (AvgIpc) is 3.00. The Morgan fingerprint density at radius 1 is 1.00 bits per heavy atom. The van der Waals surface area contributed by atoms with Gasteiger partial charge in [-0.25, -0.2) is 4.79 Å². The minimum absolute atomic E-state index is 0.0948. The van der Waals surface area contributed by atoms with Crippen LogP contribution in [0.2, 0.25) is 5.02 Å². The molecule has 2 saturated carbocycles. The molecule has 31 heavy (non-hydrogen) atoms. The number of benzene rings is 1. The van der Waals surface area contributed by atoms with Crippen LogP contribution in [0.5, 0.6) is 0 Å². The van der Waals surface area contributed by atoms with Gasteiger partial charge in [0.05, 0.1) is 0 Å². The van der Waals surface area contributed by atoms with Crippen LogP contribution in [0.25, 0.3) is 0 Å². The van der Waals surface area contributed by atoms with Gasteiger partial charge in [0, 0.05) is 17.1 Å². The maximum absolute atomic E-state index is 13.5. The molecule has 168 valence electrons. The third kappa shape index (κ3) is 4.45. The molecule has 1 heterocycles. The zero-order chi connectivity index (χ0) is 22.0. The van der Waals surface area contributed by atoms with E-state index in [4.69, 9.17) is 11.6 Å². The molecule has 1 aromatic carbocycles. The van der Waals surface area contributed by atoms with Crippen LogP contribution < -0.4 is 5.32 Å². The molecule has 1 N–H and O–H groups in total. The molecule has 0 aromatic heterocycles. The second kappa shape index (κ2) is 9.19.